The monoisotopic (exact) mass is 237 g/mol. The van der Waals surface area contributed by atoms with Crippen molar-refractivity contribution in [2.75, 3.05) is 0 Å². The van der Waals surface area contributed by atoms with Crippen LogP contribution in [0.4, 0.5) is 0 Å². The van der Waals surface area contributed by atoms with Gasteiger partial charge in [-0.1, -0.05) is 30.3 Å². The first-order chi connectivity index (χ1) is 8.83. The zero-order valence-electron chi connectivity index (χ0n) is 9.67. The van der Waals surface area contributed by atoms with Crippen LogP contribution < -0.4 is 5.63 Å². The van der Waals surface area contributed by atoms with E-state index in [1.165, 1.54) is 0 Å². The summed E-state index contributed by atoms with van der Waals surface area (Å²) < 4.78 is 5.31. The maximum Gasteiger partial charge on any atom is 0.343 e. The van der Waals surface area contributed by atoms with Crippen LogP contribution in [-0.2, 0) is 6.42 Å². The minimum Gasteiger partial charge on any atom is -0.427 e. The second kappa shape index (κ2) is 4.45. The molecule has 2 heterocycles. The van der Waals surface area contributed by atoms with Gasteiger partial charge in [0.15, 0.2) is 0 Å². The average molecular weight is 237 g/mol. The Labute approximate surface area is 104 Å². The first-order valence-electron chi connectivity index (χ1n) is 5.73. The fourth-order valence-electron chi connectivity index (χ4n) is 1.97. The number of fused-ring (bicyclic) bond motifs is 1. The highest BCUT2D eigenvalue weighted by Crippen LogP contribution is 2.13. The molecule has 88 valence electrons. The maximum atomic E-state index is 11.8. The van der Waals surface area contributed by atoms with Crippen LogP contribution in [0.2, 0.25) is 0 Å². The van der Waals surface area contributed by atoms with Crippen molar-refractivity contribution < 1.29 is 4.42 Å². The number of benzene rings is 1. The molecular weight excluding hydrogens is 226 g/mol. The number of nitrogens with zero attached hydrogens (tertiary/aromatic N) is 1. The van der Waals surface area contributed by atoms with Crippen LogP contribution in [0.3, 0.4) is 0 Å². The number of rotatable bonds is 2. The van der Waals surface area contributed by atoms with Crippen LogP contribution >= 0.6 is 0 Å². The van der Waals surface area contributed by atoms with Crippen LogP contribution in [0.1, 0.15) is 11.3 Å². The predicted molar refractivity (Wildman–Crippen MR) is 69.5 cm³/mol. The zero-order valence-corrected chi connectivity index (χ0v) is 9.67. The van der Waals surface area contributed by atoms with Gasteiger partial charge in [-0.2, -0.15) is 0 Å². The largest absolute Gasteiger partial charge is 0.427 e. The highest BCUT2D eigenvalue weighted by atomic mass is 16.4. The number of hydrogen-bond acceptors (Lipinski definition) is 3. The third-order valence-electron chi connectivity index (χ3n) is 2.83. The standard InChI is InChI=1S/C15H11NO2/c17-15-14-6-7-16-10-12(14)9-13(18-15)8-11-4-2-1-3-5-11/h1-7,9-10H,8H2. The zero-order chi connectivity index (χ0) is 12.4. The molecule has 3 rings (SSSR count). The summed E-state index contributed by atoms with van der Waals surface area (Å²) in [4.78, 5) is 15.8. The van der Waals surface area contributed by atoms with Gasteiger partial charge in [0.2, 0.25) is 0 Å². The number of pyridine rings is 1. The maximum absolute atomic E-state index is 11.8. The normalized spacial score (nSPS) is 10.7. The molecule has 0 amide bonds. The Morgan fingerprint density at radius 1 is 1.11 bits per heavy atom. The lowest BCUT2D eigenvalue weighted by Gasteiger charge is -2.02. The van der Waals surface area contributed by atoms with E-state index in [0.29, 0.717) is 17.6 Å². The van der Waals surface area contributed by atoms with Crippen molar-refractivity contribution in [1.82, 2.24) is 4.98 Å². The molecule has 3 nitrogen and oxygen atoms in total. The van der Waals surface area contributed by atoms with Gasteiger partial charge in [0, 0.05) is 24.2 Å². The molecule has 0 radical (unpaired) electrons. The summed E-state index contributed by atoms with van der Waals surface area (Å²) in [6.07, 6.45) is 3.89. The Morgan fingerprint density at radius 2 is 1.94 bits per heavy atom. The first-order valence-corrected chi connectivity index (χ1v) is 5.73. The van der Waals surface area contributed by atoms with Gasteiger partial charge in [0.05, 0.1) is 5.39 Å². The van der Waals surface area contributed by atoms with Gasteiger partial charge in [-0.15, -0.1) is 0 Å². The summed E-state index contributed by atoms with van der Waals surface area (Å²) in [5, 5.41) is 1.39. The van der Waals surface area contributed by atoms with Crippen molar-refractivity contribution in [2.45, 2.75) is 6.42 Å². The van der Waals surface area contributed by atoms with Gasteiger partial charge in [-0.3, -0.25) is 4.98 Å². The van der Waals surface area contributed by atoms with Gasteiger partial charge < -0.3 is 4.42 Å². The fraction of sp³-hybridized carbons (Fsp3) is 0.0667. The quantitative estimate of drug-likeness (QED) is 0.688. The van der Waals surface area contributed by atoms with E-state index in [9.17, 15) is 4.79 Å². The van der Waals surface area contributed by atoms with E-state index < -0.39 is 0 Å². The van der Waals surface area contributed by atoms with Crippen molar-refractivity contribution in [3.8, 4) is 0 Å². The van der Waals surface area contributed by atoms with Gasteiger partial charge >= 0.3 is 5.63 Å². The van der Waals surface area contributed by atoms with Crippen molar-refractivity contribution >= 4 is 10.8 Å². The molecule has 0 saturated heterocycles. The summed E-state index contributed by atoms with van der Waals surface area (Å²) in [5.74, 6) is 0.659. The highest BCUT2D eigenvalue weighted by molar-refractivity contribution is 5.80. The third-order valence-corrected chi connectivity index (χ3v) is 2.83. The lowest BCUT2D eigenvalue weighted by molar-refractivity contribution is 0.476. The molecule has 0 aliphatic carbocycles. The Kier molecular flexibility index (Phi) is 2.65. The molecular formula is C15H11NO2. The highest BCUT2D eigenvalue weighted by Gasteiger charge is 2.04. The Bertz CT molecular complexity index is 732. The summed E-state index contributed by atoms with van der Waals surface area (Å²) in [7, 11) is 0. The van der Waals surface area contributed by atoms with Crippen molar-refractivity contribution in [1.29, 1.82) is 0 Å². The molecule has 2 aromatic heterocycles. The molecule has 0 spiro atoms. The lowest BCUT2D eigenvalue weighted by Crippen LogP contribution is -2.02. The predicted octanol–water partition coefficient (Wildman–Crippen LogP) is 2.78. The molecule has 0 aliphatic heterocycles. The summed E-state index contributed by atoms with van der Waals surface area (Å²) in [6.45, 7) is 0. The lowest BCUT2D eigenvalue weighted by atomic mass is 10.1. The molecule has 1 aromatic carbocycles. The number of hydrogen-bond donors (Lipinski definition) is 0. The smallest absolute Gasteiger partial charge is 0.343 e. The Balaban J connectivity index is 2.06. The minimum atomic E-state index is -0.305. The number of aromatic nitrogens is 1. The molecule has 0 aliphatic rings. The van der Waals surface area contributed by atoms with Crippen LogP contribution in [0.5, 0.6) is 0 Å². The molecule has 0 unspecified atom stereocenters. The van der Waals surface area contributed by atoms with Crippen molar-refractivity contribution in [3.63, 3.8) is 0 Å². The molecule has 0 atom stereocenters. The molecule has 18 heavy (non-hydrogen) atoms. The van der Waals surface area contributed by atoms with Gasteiger partial charge in [-0.05, 0) is 17.7 Å². The first kappa shape index (κ1) is 10.7. The molecule has 0 N–H and O–H groups in total. The van der Waals surface area contributed by atoms with E-state index in [1.807, 2.05) is 36.4 Å². The van der Waals surface area contributed by atoms with Crippen LogP contribution in [0.15, 0.2) is 64.1 Å². The van der Waals surface area contributed by atoms with Crippen LogP contribution in [-0.4, -0.2) is 4.98 Å². The third kappa shape index (κ3) is 2.02. The average Bonchev–Trinajstić information content (AvgIpc) is 2.40. The minimum absolute atomic E-state index is 0.305. The van der Waals surface area contributed by atoms with E-state index in [0.717, 1.165) is 10.9 Å². The second-order valence-electron chi connectivity index (χ2n) is 4.13. The summed E-state index contributed by atoms with van der Waals surface area (Å²) >= 11 is 0. The Hall–Kier alpha value is -2.42. The fourth-order valence-corrected chi connectivity index (χ4v) is 1.97. The Morgan fingerprint density at radius 3 is 2.78 bits per heavy atom. The van der Waals surface area contributed by atoms with Gasteiger partial charge in [0.1, 0.15) is 5.76 Å². The summed E-state index contributed by atoms with van der Waals surface area (Å²) in [6, 6.07) is 13.5. The molecule has 0 saturated carbocycles. The van der Waals surface area contributed by atoms with Gasteiger partial charge in [-0.25, -0.2) is 4.79 Å². The van der Waals surface area contributed by atoms with E-state index in [2.05, 4.69) is 4.98 Å². The summed E-state index contributed by atoms with van der Waals surface area (Å²) in [5.41, 5.74) is 0.810. The van der Waals surface area contributed by atoms with E-state index in [1.54, 1.807) is 18.5 Å². The van der Waals surface area contributed by atoms with Crippen LogP contribution in [0.25, 0.3) is 10.8 Å². The van der Waals surface area contributed by atoms with Crippen LogP contribution in [0, 0.1) is 0 Å². The molecule has 0 bridgehead atoms. The molecule has 0 fully saturated rings. The van der Waals surface area contributed by atoms with E-state index in [4.69, 9.17) is 4.42 Å². The topological polar surface area (TPSA) is 43.1 Å². The second-order valence-corrected chi connectivity index (χ2v) is 4.13. The van der Waals surface area contributed by atoms with E-state index >= 15 is 0 Å². The van der Waals surface area contributed by atoms with E-state index in [-0.39, 0.29) is 5.63 Å². The van der Waals surface area contributed by atoms with Crippen molar-refractivity contribution in [2.24, 2.45) is 0 Å². The molecule has 3 heteroatoms. The molecule has 3 aromatic rings. The van der Waals surface area contributed by atoms with Crippen molar-refractivity contribution in [3.05, 3.63) is 76.6 Å². The SMILES string of the molecule is O=c1oc(Cc2ccccc2)cc2cnccc12. The van der Waals surface area contributed by atoms with Gasteiger partial charge in [0.25, 0.3) is 0 Å².